The maximum Gasteiger partial charge on any atom is 0.256 e. The molecule has 3 N–H and O–H groups in total. The molecule has 0 aliphatic carbocycles. The Bertz CT molecular complexity index is 1390. The van der Waals surface area contributed by atoms with Gasteiger partial charge in [-0.25, -0.2) is 0 Å². The monoisotopic (exact) mass is 548 g/mol. The molecule has 4 aromatic carbocycles. The van der Waals surface area contributed by atoms with Gasteiger partial charge in [-0.15, -0.1) is 0 Å². The van der Waals surface area contributed by atoms with E-state index in [2.05, 4.69) is 20.9 Å². The quantitative estimate of drug-likeness (QED) is 0.211. The Balaban J connectivity index is 0.00000189. The second kappa shape index (κ2) is 14.8. The van der Waals surface area contributed by atoms with E-state index in [0.717, 1.165) is 47.6 Å². The van der Waals surface area contributed by atoms with E-state index >= 15 is 0 Å². The van der Waals surface area contributed by atoms with Crippen molar-refractivity contribution in [3.8, 4) is 11.1 Å². The first-order valence-corrected chi connectivity index (χ1v) is 14.5. The van der Waals surface area contributed by atoms with Gasteiger partial charge in [0.1, 0.15) is 6.04 Å². The zero-order valence-electron chi connectivity index (χ0n) is 24.1. The summed E-state index contributed by atoms with van der Waals surface area (Å²) in [5.41, 5.74) is 5.28. The van der Waals surface area contributed by atoms with Gasteiger partial charge < -0.3 is 16.0 Å². The summed E-state index contributed by atoms with van der Waals surface area (Å²) in [5.74, 6) is -0.0998. The van der Waals surface area contributed by atoms with Gasteiger partial charge in [-0.3, -0.25) is 14.5 Å². The van der Waals surface area contributed by atoms with Crippen molar-refractivity contribution in [2.24, 2.45) is 0 Å². The number of likely N-dealkylation sites (tertiary alicyclic amines) is 1. The van der Waals surface area contributed by atoms with Crippen LogP contribution in [0.25, 0.3) is 11.1 Å². The van der Waals surface area contributed by atoms with E-state index < -0.39 is 0 Å². The Morgan fingerprint density at radius 2 is 1.41 bits per heavy atom. The first-order chi connectivity index (χ1) is 20.1. The smallest absolute Gasteiger partial charge is 0.256 e. The maximum absolute atomic E-state index is 13.1. The highest BCUT2D eigenvalue weighted by atomic mass is 16.2. The lowest BCUT2D eigenvalue weighted by atomic mass is 9.99. The van der Waals surface area contributed by atoms with E-state index in [0.29, 0.717) is 12.1 Å². The van der Waals surface area contributed by atoms with E-state index in [-0.39, 0.29) is 23.9 Å². The minimum Gasteiger partial charge on any atom is -0.381 e. The fourth-order valence-corrected chi connectivity index (χ4v) is 5.21. The highest BCUT2D eigenvalue weighted by molar-refractivity contribution is 6.08. The molecule has 5 rings (SSSR count). The van der Waals surface area contributed by atoms with Crippen LogP contribution in [-0.4, -0.2) is 42.4 Å². The lowest BCUT2D eigenvalue weighted by Gasteiger charge is -2.27. The molecule has 0 spiro atoms. The van der Waals surface area contributed by atoms with Crippen molar-refractivity contribution in [2.75, 3.05) is 30.3 Å². The summed E-state index contributed by atoms with van der Waals surface area (Å²) in [6.07, 6.45) is 0.942. The Hall–Kier alpha value is -4.42. The topological polar surface area (TPSA) is 73.5 Å². The van der Waals surface area contributed by atoms with Crippen LogP contribution >= 0.6 is 0 Å². The average Bonchev–Trinajstić information content (AvgIpc) is 3.48. The van der Waals surface area contributed by atoms with Gasteiger partial charge in [0.05, 0.1) is 0 Å². The minimum atomic E-state index is -0.297. The van der Waals surface area contributed by atoms with E-state index in [1.54, 1.807) is 0 Å². The highest BCUT2D eigenvalue weighted by Gasteiger charge is 2.33. The third-order valence-electron chi connectivity index (χ3n) is 7.07. The van der Waals surface area contributed by atoms with Crippen LogP contribution in [0.2, 0.25) is 0 Å². The number of nitrogens with zero attached hydrogens (tertiary/aromatic N) is 1. The third-order valence-corrected chi connectivity index (χ3v) is 7.07. The lowest BCUT2D eigenvalue weighted by molar-refractivity contribution is -0.126. The summed E-state index contributed by atoms with van der Waals surface area (Å²) in [7, 11) is 0. The van der Waals surface area contributed by atoms with Gasteiger partial charge in [-0.2, -0.15) is 0 Å². The Morgan fingerprint density at radius 3 is 2.10 bits per heavy atom. The predicted molar refractivity (Wildman–Crippen MR) is 169 cm³/mol. The fraction of sp³-hybridized carbons (Fsp3) is 0.257. The number of benzene rings is 4. The van der Waals surface area contributed by atoms with Crippen molar-refractivity contribution in [1.29, 1.82) is 0 Å². The van der Waals surface area contributed by atoms with Crippen LogP contribution < -0.4 is 16.0 Å². The maximum atomic E-state index is 13.1. The number of carbonyl (C=O) groups excluding carboxylic acids is 2. The van der Waals surface area contributed by atoms with Crippen LogP contribution in [0.15, 0.2) is 109 Å². The van der Waals surface area contributed by atoms with Crippen LogP contribution in [0.4, 0.5) is 11.4 Å². The molecule has 2 amide bonds. The molecule has 4 aromatic rings. The molecule has 6 nitrogen and oxygen atoms in total. The third kappa shape index (κ3) is 7.62. The summed E-state index contributed by atoms with van der Waals surface area (Å²) in [6.45, 7) is 8.16. The molecule has 2 unspecified atom stereocenters. The summed E-state index contributed by atoms with van der Waals surface area (Å²) in [4.78, 5) is 28.3. The molecule has 0 radical (unpaired) electrons. The van der Waals surface area contributed by atoms with Crippen LogP contribution in [0.1, 0.15) is 49.2 Å². The SMILES string of the molecule is CC.CCNC(=O)C(c1ccccc1)N1CCC(Nc2ccc(NC(=O)c3ccccc3-c3ccccc3)cc2)C1. The largest absolute Gasteiger partial charge is 0.381 e. The zero-order chi connectivity index (χ0) is 29.0. The van der Waals surface area contributed by atoms with Crippen molar-refractivity contribution in [2.45, 2.75) is 39.3 Å². The van der Waals surface area contributed by atoms with Gasteiger partial charge in [-0.1, -0.05) is 92.7 Å². The number of rotatable bonds is 9. The van der Waals surface area contributed by atoms with Crippen molar-refractivity contribution >= 4 is 23.2 Å². The number of hydrogen-bond donors (Lipinski definition) is 3. The molecule has 1 heterocycles. The molecule has 41 heavy (non-hydrogen) atoms. The van der Waals surface area contributed by atoms with E-state index in [9.17, 15) is 9.59 Å². The summed E-state index contributed by atoms with van der Waals surface area (Å²) < 4.78 is 0. The van der Waals surface area contributed by atoms with Crippen molar-refractivity contribution in [1.82, 2.24) is 10.2 Å². The van der Waals surface area contributed by atoms with E-state index in [1.807, 2.05) is 130 Å². The van der Waals surface area contributed by atoms with Gasteiger partial charge in [-0.05, 0) is 60.4 Å². The molecule has 6 heteroatoms. The molecule has 1 fully saturated rings. The Morgan fingerprint density at radius 1 is 0.805 bits per heavy atom. The minimum absolute atomic E-state index is 0.0401. The lowest BCUT2D eigenvalue weighted by Crippen LogP contribution is -2.40. The fourth-order valence-electron chi connectivity index (χ4n) is 5.21. The number of anilines is 2. The van der Waals surface area contributed by atoms with Gasteiger partial charge in [0, 0.05) is 42.6 Å². The molecule has 0 aromatic heterocycles. The number of carbonyl (C=O) groups is 2. The van der Waals surface area contributed by atoms with Crippen LogP contribution in [0.3, 0.4) is 0 Å². The first-order valence-electron chi connectivity index (χ1n) is 14.5. The number of amides is 2. The predicted octanol–water partition coefficient (Wildman–Crippen LogP) is 7.00. The molecule has 212 valence electrons. The molecular formula is C35H40N4O2. The van der Waals surface area contributed by atoms with Crippen LogP contribution in [-0.2, 0) is 4.79 Å². The molecule has 0 saturated carbocycles. The van der Waals surface area contributed by atoms with Gasteiger partial charge in [0.25, 0.3) is 5.91 Å². The number of likely N-dealkylation sites (N-methyl/N-ethyl adjacent to an activating group) is 1. The molecular weight excluding hydrogens is 508 g/mol. The summed E-state index contributed by atoms with van der Waals surface area (Å²) >= 11 is 0. The summed E-state index contributed by atoms with van der Waals surface area (Å²) in [6, 6.07) is 35.3. The average molecular weight is 549 g/mol. The first kappa shape index (κ1) is 29.6. The second-order valence-electron chi connectivity index (χ2n) is 9.78. The Labute approximate surface area is 243 Å². The van der Waals surface area contributed by atoms with Gasteiger partial charge >= 0.3 is 0 Å². The standard InChI is InChI=1S/C33H34N4O2.C2H6/c1-2-34-33(39)31(25-13-7-4-8-14-25)37-22-21-28(23-37)35-26-17-19-27(20-18-26)36-32(38)30-16-10-9-15-29(30)24-11-5-3-6-12-24;1-2/h3-20,28,31,35H,2,21-23H2,1H3,(H,34,39)(H,36,38);1-2H3. The number of hydrogen-bond acceptors (Lipinski definition) is 4. The zero-order valence-corrected chi connectivity index (χ0v) is 24.1. The van der Waals surface area contributed by atoms with Crippen LogP contribution in [0, 0.1) is 0 Å². The molecule has 0 bridgehead atoms. The summed E-state index contributed by atoms with van der Waals surface area (Å²) in [5, 5.41) is 9.64. The van der Waals surface area contributed by atoms with Crippen molar-refractivity contribution < 1.29 is 9.59 Å². The van der Waals surface area contributed by atoms with Crippen LogP contribution in [0.5, 0.6) is 0 Å². The van der Waals surface area contributed by atoms with Gasteiger partial charge in [0.15, 0.2) is 0 Å². The number of nitrogens with one attached hydrogen (secondary N) is 3. The Kier molecular flexibility index (Phi) is 10.7. The molecule has 1 aliphatic heterocycles. The van der Waals surface area contributed by atoms with Gasteiger partial charge in [0.2, 0.25) is 5.91 Å². The second-order valence-corrected chi connectivity index (χ2v) is 9.78. The van der Waals surface area contributed by atoms with Crippen molar-refractivity contribution in [3.05, 3.63) is 120 Å². The molecule has 2 atom stereocenters. The highest BCUT2D eigenvalue weighted by Crippen LogP contribution is 2.28. The molecule has 1 aliphatic rings. The normalized spacial score (nSPS) is 15.2. The van der Waals surface area contributed by atoms with E-state index in [1.165, 1.54) is 0 Å². The van der Waals surface area contributed by atoms with E-state index in [4.69, 9.17) is 0 Å². The molecule has 1 saturated heterocycles. The van der Waals surface area contributed by atoms with Crippen molar-refractivity contribution in [3.63, 3.8) is 0 Å².